The number of phenols is 1. The molecule has 0 saturated carbocycles. The Labute approximate surface area is 103 Å². The monoisotopic (exact) mass is 257 g/mol. The highest BCUT2D eigenvalue weighted by Crippen LogP contribution is 2.19. The van der Waals surface area contributed by atoms with Gasteiger partial charge in [-0.3, -0.25) is 0 Å². The van der Waals surface area contributed by atoms with Crippen LogP contribution in [0.5, 0.6) is 5.75 Å². The molecule has 96 valence electrons. The highest BCUT2D eigenvalue weighted by molar-refractivity contribution is 7.89. The Hall–Kier alpha value is -1.07. The Balaban J connectivity index is 2.88. The summed E-state index contributed by atoms with van der Waals surface area (Å²) in [5, 5.41) is 9.29. The first-order valence-corrected chi connectivity index (χ1v) is 7.03. The van der Waals surface area contributed by atoms with E-state index in [1.165, 1.54) is 28.6 Å². The highest BCUT2D eigenvalue weighted by atomic mass is 32.2. The van der Waals surface area contributed by atoms with Gasteiger partial charge in [0, 0.05) is 13.6 Å². The van der Waals surface area contributed by atoms with Crippen LogP contribution in [0.3, 0.4) is 0 Å². The molecule has 0 aromatic heterocycles. The third kappa shape index (κ3) is 3.71. The molecule has 0 fully saturated rings. The summed E-state index contributed by atoms with van der Waals surface area (Å²) in [6.07, 6.45) is 0.814. The normalized spacial score (nSPS) is 12.3. The van der Waals surface area contributed by atoms with E-state index >= 15 is 0 Å². The van der Waals surface area contributed by atoms with Crippen molar-refractivity contribution in [1.82, 2.24) is 4.31 Å². The number of phenolic OH excluding ortho intramolecular Hbond substituents is 1. The lowest BCUT2D eigenvalue weighted by atomic mass is 10.1. The maximum atomic E-state index is 12.1. The molecular formula is C12H19NO3S. The van der Waals surface area contributed by atoms with Gasteiger partial charge in [0.25, 0.3) is 0 Å². The fourth-order valence-corrected chi connectivity index (χ4v) is 2.61. The molecule has 0 aliphatic heterocycles. The molecule has 5 heteroatoms. The quantitative estimate of drug-likeness (QED) is 0.878. The van der Waals surface area contributed by atoms with Crippen LogP contribution in [0.1, 0.15) is 20.3 Å². The van der Waals surface area contributed by atoms with Crippen molar-refractivity contribution in [3.63, 3.8) is 0 Å². The van der Waals surface area contributed by atoms with E-state index in [2.05, 4.69) is 13.8 Å². The lowest BCUT2D eigenvalue weighted by Gasteiger charge is -2.18. The van der Waals surface area contributed by atoms with E-state index in [4.69, 9.17) is 0 Å². The molecule has 1 aromatic rings. The van der Waals surface area contributed by atoms with Crippen molar-refractivity contribution in [3.05, 3.63) is 24.3 Å². The van der Waals surface area contributed by atoms with E-state index < -0.39 is 10.0 Å². The van der Waals surface area contributed by atoms with E-state index in [0.717, 1.165) is 6.42 Å². The zero-order chi connectivity index (χ0) is 13.1. The standard InChI is InChI=1S/C12H19NO3S/c1-10(2)7-8-13(3)17(15,16)12-6-4-5-11(14)9-12/h4-6,9-10,14H,7-8H2,1-3H3. The molecule has 0 saturated heterocycles. The highest BCUT2D eigenvalue weighted by Gasteiger charge is 2.20. The van der Waals surface area contributed by atoms with Crippen LogP contribution in [-0.4, -0.2) is 31.4 Å². The Kier molecular flexibility index (Phi) is 4.54. The minimum Gasteiger partial charge on any atom is -0.508 e. The van der Waals surface area contributed by atoms with Gasteiger partial charge in [0.05, 0.1) is 4.90 Å². The number of nitrogens with zero attached hydrogens (tertiary/aromatic N) is 1. The van der Waals surface area contributed by atoms with Crippen LogP contribution in [0.4, 0.5) is 0 Å². The Morgan fingerprint density at radius 2 is 2.00 bits per heavy atom. The zero-order valence-electron chi connectivity index (χ0n) is 10.4. The molecule has 0 atom stereocenters. The van der Waals surface area contributed by atoms with Crippen molar-refractivity contribution in [2.45, 2.75) is 25.2 Å². The van der Waals surface area contributed by atoms with Crippen molar-refractivity contribution in [2.24, 2.45) is 5.92 Å². The molecule has 1 N–H and O–H groups in total. The van der Waals surface area contributed by atoms with Gasteiger partial charge in [-0.25, -0.2) is 12.7 Å². The smallest absolute Gasteiger partial charge is 0.242 e. The number of sulfonamides is 1. The van der Waals surface area contributed by atoms with Gasteiger partial charge in [-0.1, -0.05) is 19.9 Å². The lowest BCUT2D eigenvalue weighted by Crippen LogP contribution is -2.28. The largest absolute Gasteiger partial charge is 0.508 e. The van der Waals surface area contributed by atoms with Crippen molar-refractivity contribution < 1.29 is 13.5 Å². The van der Waals surface area contributed by atoms with Gasteiger partial charge in [-0.2, -0.15) is 0 Å². The SMILES string of the molecule is CC(C)CCN(C)S(=O)(=O)c1cccc(O)c1. The number of rotatable bonds is 5. The Bertz CT molecular complexity index is 468. The molecule has 0 aliphatic rings. The fourth-order valence-electron chi connectivity index (χ4n) is 1.38. The summed E-state index contributed by atoms with van der Waals surface area (Å²) in [4.78, 5) is 0.128. The number of hydrogen-bond acceptors (Lipinski definition) is 3. The average molecular weight is 257 g/mol. The third-order valence-corrected chi connectivity index (χ3v) is 4.40. The summed E-state index contributed by atoms with van der Waals surface area (Å²) in [5.41, 5.74) is 0. The summed E-state index contributed by atoms with van der Waals surface area (Å²) >= 11 is 0. The Morgan fingerprint density at radius 3 is 2.53 bits per heavy atom. The van der Waals surface area contributed by atoms with Gasteiger partial charge in [-0.05, 0) is 30.5 Å². The first kappa shape index (κ1) is 14.0. The van der Waals surface area contributed by atoms with Gasteiger partial charge >= 0.3 is 0 Å². The number of aromatic hydroxyl groups is 1. The van der Waals surface area contributed by atoms with Gasteiger partial charge in [0.1, 0.15) is 5.75 Å². The molecule has 0 amide bonds. The summed E-state index contributed by atoms with van der Waals surface area (Å²) in [6, 6.07) is 5.73. The van der Waals surface area contributed by atoms with Crippen LogP contribution in [0.2, 0.25) is 0 Å². The molecule has 17 heavy (non-hydrogen) atoms. The Morgan fingerprint density at radius 1 is 1.35 bits per heavy atom. The summed E-state index contributed by atoms with van der Waals surface area (Å²) < 4.78 is 25.5. The van der Waals surface area contributed by atoms with Crippen molar-refractivity contribution in [1.29, 1.82) is 0 Å². The first-order chi connectivity index (χ1) is 7.84. The van der Waals surface area contributed by atoms with E-state index in [0.29, 0.717) is 12.5 Å². The van der Waals surface area contributed by atoms with Crippen LogP contribution in [0, 0.1) is 5.92 Å². The van der Waals surface area contributed by atoms with E-state index in [9.17, 15) is 13.5 Å². The van der Waals surface area contributed by atoms with E-state index in [-0.39, 0.29) is 10.6 Å². The van der Waals surface area contributed by atoms with Gasteiger partial charge in [0.15, 0.2) is 0 Å². The average Bonchev–Trinajstić information content (AvgIpc) is 2.25. The van der Waals surface area contributed by atoms with Crippen LogP contribution >= 0.6 is 0 Å². The van der Waals surface area contributed by atoms with Crippen molar-refractivity contribution in [3.8, 4) is 5.75 Å². The van der Waals surface area contributed by atoms with E-state index in [1.54, 1.807) is 7.05 Å². The van der Waals surface area contributed by atoms with Crippen LogP contribution in [0.15, 0.2) is 29.2 Å². The van der Waals surface area contributed by atoms with Crippen LogP contribution in [-0.2, 0) is 10.0 Å². The summed E-state index contributed by atoms with van der Waals surface area (Å²) in [7, 11) is -1.93. The molecule has 1 aromatic carbocycles. The number of hydrogen-bond donors (Lipinski definition) is 1. The molecule has 0 spiro atoms. The first-order valence-electron chi connectivity index (χ1n) is 5.59. The molecule has 0 bridgehead atoms. The second-order valence-corrected chi connectivity index (χ2v) is 6.55. The zero-order valence-corrected chi connectivity index (χ0v) is 11.2. The lowest BCUT2D eigenvalue weighted by molar-refractivity contribution is 0.427. The van der Waals surface area contributed by atoms with Crippen LogP contribution < -0.4 is 0 Å². The summed E-state index contributed by atoms with van der Waals surface area (Å²) in [6.45, 7) is 4.58. The van der Waals surface area contributed by atoms with Gasteiger partial charge in [0.2, 0.25) is 10.0 Å². The van der Waals surface area contributed by atoms with Crippen LogP contribution in [0.25, 0.3) is 0 Å². The molecule has 0 unspecified atom stereocenters. The molecule has 0 heterocycles. The topological polar surface area (TPSA) is 57.6 Å². The molecular weight excluding hydrogens is 238 g/mol. The van der Waals surface area contributed by atoms with Crippen molar-refractivity contribution in [2.75, 3.05) is 13.6 Å². The van der Waals surface area contributed by atoms with Gasteiger partial charge < -0.3 is 5.11 Å². The van der Waals surface area contributed by atoms with Gasteiger partial charge in [-0.15, -0.1) is 0 Å². The molecule has 0 radical (unpaired) electrons. The molecule has 0 aliphatic carbocycles. The predicted molar refractivity (Wildman–Crippen MR) is 67.4 cm³/mol. The molecule has 4 nitrogen and oxygen atoms in total. The predicted octanol–water partition coefficient (Wildman–Crippen LogP) is 2.06. The van der Waals surface area contributed by atoms with Crippen molar-refractivity contribution >= 4 is 10.0 Å². The second-order valence-electron chi connectivity index (χ2n) is 4.51. The fraction of sp³-hybridized carbons (Fsp3) is 0.500. The minimum atomic E-state index is -3.48. The second kappa shape index (κ2) is 5.51. The van der Waals surface area contributed by atoms with E-state index in [1.807, 2.05) is 0 Å². The summed E-state index contributed by atoms with van der Waals surface area (Å²) in [5.74, 6) is 0.417. The molecule has 1 rings (SSSR count). The number of benzene rings is 1. The maximum absolute atomic E-state index is 12.1. The third-order valence-electron chi connectivity index (χ3n) is 2.55. The maximum Gasteiger partial charge on any atom is 0.242 e. The minimum absolute atomic E-state index is 0.0386.